The van der Waals surface area contributed by atoms with Gasteiger partial charge >= 0.3 is 0 Å². The van der Waals surface area contributed by atoms with E-state index in [4.69, 9.17) is 5.73 Å². The number of carbonyl (C=O) groups is 1. The van der Waals surface area contributed by atoms with Crippen molar-refractivity contribution in [2.24, 2.45) is 23.5 Å². The van der Waals surface area contributed by atoms with Crippen LogP contribution in [0.3, 0.4) is 0 Å². The Morgan fingerprint density at radius 2 is 1.87 bits per heavy atom. The maximum atomic E-state index is 12.8. The molecule has 3 aliphatic rings. The van der Waals surface area contributed by atoms with Gasteiger partial charge in [0.1, 0.15) is 0 Å². The van der Waals surface area contributed by atoms with Gasteiger partial charge in [-0.25, -0.2) is 0 Å². The molecular weight excluding hydrogens is 382 g/mol. The monoisotopic (exact) mass is 425 g/mol. The van der Waals surface area contributed by atoms with Gasteiger partial charge in [0.2, 0.25) is 5.91 Å². The van der Waals surface area contributed by atoms with Crippen molar-refractivity contribution in [3.8, 4) is 0 Å². The Bertz CT molecular complexity index is 700. The predicted octanol–water partition coefficient (Wildman–Crippen LogP) is 4.53. The number of fused-ring (bicyclic) bond motifs is 2. The highest BCUT2D eigenvalue weighted by atomic mass is 16.1. The second kappa shape index (κ2) is 10.5. The van der Waals surface area contributed by atoms with Crippen LogP contribution >= 0.6 is 0 Å². The topological polar surface area (TPSA) is 67.2 Å². The molecule has 4 N–H and O–H groups in total. The van der Waals surface area contributed by atoms with Crippen LogP contribution in [0.25, 0.3) is 0 Å². The molecule has 3 fully saturated rings. The predicted molar refractivity (Wildman–Crippen MR) is 128 cm³/mol. The Kier molecular flexibility index (Phi) is 7.71. The molecule has 3 saturated carbocycles. The first-order chi connectivity index (χ1) is 15.1. The molecule has 4 rings (SSSR count). The first kappa shape index (κ1) is 22.8. The molecule has 0 heterocycles. The summed E-state index contributed by atoms with van der Waals surface area (Å²) in [6.07, 6.45) is 12.7. The number of nitrogens with two attached hydrogens (primary N) is 1. The van der Waals surface area contributed by atoms with Crippen molar-refractivity contribution >= 4 is 5.91 Å². The molecule has 31 heavy (non-hydrogen) atoms. The van der Waals surface area contributed by atoms with Crippen molar-refractivity contribution < 1.29 is 4.79 Å². The molecule has 0 aromatic heterocycles. The largest absolute Gasteiger partial charge is 0.353 e. The maximum absolute atomic E-state index is 12.8. The van der Waals surface area contributed by atoms with Crippen molar-refractivity contribution in [3.05, 3.63) is 35.9 Å². The Hall–Kier alpha value is -1.39. The molecule has 2 bridgehead atoms. The number of hydrogen-bond donors (Lipinski definition) is 3. The Balaban J connectivity index is 1.39. The fourth-order valence-electron chi connectivity index (χ4n) is 7.10. The highest BCUT2D eigenvalue weighted by Gasteiger charge is 2.48. The molecule has 1 aromatic rings. The normalized spacial score (nSPS) is 35.5. The van der Waals surface area contributed by atoms with Crippen LogP contribution in [0.15, 0.2) is 30.3 Å². The van der Waals surface area contributed by atoms with E-state index in [1.165, 1.54) is 37.7 Å². The summed E-state index contributed by atoms with van der Waals surface area (Å²) in [6.45, 7) is 4.04. The van der Waals surface area contributed by atoms with Crippen LogP contribution in [0.5, 0.6) is 0 Å². The smallest absolute Gasteiger partial charge is 0.220 e. The quantitative estimate of drug-likeness (QED) is 0.573. The van der Waals surface area contributed by atoms with Gasteiger partial charge in [0, 0.05) is 18.5 Å². The molecule has 1 aromatic carbocycles. The summed E-state index contributed by atoms with van der Waals surface area (Å²) >= 11 is 0. The number of amides is 1. The van der Waals surface area contributed by atoms with E-state index in [9.17, 15) is 4.79 Å². The van der Waals surface area contributed by atoms with Crippen LogP contribution in [0, 0.1) is 17.8 Å². The van der Waals surface area contributed by atoms with E-state index < -0.39 is 0 Å². The lowest BCUT2D eigenvalue weighted by atomic mass is 9.54. The molecule has 4 atom stereocenters. The molecular formula is C27H43N3O. The standard InChI is InChI=1S/C27H43N3O/c1-2-29-26-21-7-6-16-27(17-21,23-8-4-3-5-9-23)18-22(26)12-15-25(31)30-24-13-10-20(19-28)11-14-24/h3-5,8-9,20-22,24,26,29H,2,6-7,10-19,28H2,1H3,(H,30,31)/t20-,21?,22?,24-,26?,27?. The number of nitrogens with one attached hydrogen (secondary N) is 2. The average Bonchev–Trinajstić information content (AvgIpc) is 2.81. The maximum Gasteiger partial charge on any atom is 0.220 e. The molecule has 0 saturated heterocycles. The van der Waals surface area contributed by atoms with Gasteiger partial charge in [0.05, 0.1) is 0 Å². The number of rotatable bonds is 8. The third kappa shape index (κ3) is 5.34. The van der Waals surface area contributed by atoms with E-state index in [0.29, 0.717) is 35.8 Å². The summed E-state index contributed by atoms with van der Waals surface area (Å²) in [7, 11) is 0. The number of hydrogen-bond acceptors (Lipinski definition) is 3. The van der Waals surface area contributed by atoms with Gasteiger partial charge < -0.3 is 16.4 Å². The molecule has 4 nitrogen and oxygen atoms in total. The minimum Gasteiger partial charge on any atom is -0.353 e. The molecule has 0 spiro atoms. The van der Waals surface area contributed by atoms with E-state index in [1.54, 1.807) is 0 Å². The van der Waals surface area contributed by atoms with Crippen LogP contribution in [-0.2, 0) is 10.2 Å². The summed E-state index contributed by atoms with van der Waals surface area (Å²) in [5, 5.41) is 7.17. The van der Waals surface area contributed by atoms with Crippen molar-refractivity contribution in [1.29, 1.82) is 0 Å². The van der Waals surface area contributed by atoms with Crippen molar-refractivity contribution in [2.75, 3.05) is 13.1 Å². The third-order valence-corrected chi connectivity index (χ3v) is 8.67. The Morgan fingerprint density at radius 3 is 2.58 bits per heavy atom. The van der Waals surface area contributed by atoms with E-state index in [0.717, 1.165) is 51.1 Å². The van der Waals surface area contributed by atoms with Gasteiger partial charge in [-0.3, -0.25) is 4.79 Å². The first-order valence-electron chi connectivity index (χ1n) is 12.9. The fraction of sp³-hybridized carbons (Fsp3) is 0.741. The third-order valence-electron chi connectivity index (χ3n) is 8.67. The van der Waals surface area contributed by atoms with Crippen LogP contribution in [0.2, 0.25) is 0 Å². The Labute approximate surface area is 189 Å². The minimum atomic E-state index is 0.260. The van der Waals surface area contributed by atoms with Crippen molar-refractivity contribution in [3.63, 3.8) is 0 Å². The highest BCUT2D eigenvalue weighted by Crippen LogP contribution is 2.53. The van der Waals surface area contributed by atoms with Crippen LogP contribution in [0.4, 0.5) is 0 Å². The zero-order valence-corrected chi connectivity index (χ0v) is 19.5. The lowest BCUT2D eigenvalue weighted by Crippen LogP contribution is -2.53. The summed E-state index contributed by atoms with van der Waals surface area (Å²) in [5.41, 5.74) is 7.66. The van der Waals surface area contributed by atoms with E-state index in [2.05, 4.69) is 47.9 Å². The SMILES string of the molecule is CCNC1C2CCCC(c3ccccc3)(C2)CC1CCC(=O)N[C@H]1CC[C@H](CN)CC1. The molecule has 1 amide bonds. The van der Waals surface area contributed by atoms with E-state index in [1.807, 2.05) is 0 Å². The van der Waals surface area contributed by atoms with Gasteiger partial charge in [-0.1, -0.05) is 43.7 Å². The van der Waals surface area contributed by atoms with Gasteiger partial charge in [-0.05, 0) is 99.6 Å². The number of carbonyl (C=O) groups excluding carboxylic acids is 1. The van der Waals surface area contributed by atoms with E-state index >= 15 is 0 Å². The molecule has 4 unspecified atom stereocenters. The molecule has 0 radical (unpaired) electrons. The first-order valence-corrected chi connectivity index (χ1v) is 12.9. The summed E-state index contributed by atoms with van der Waals surface area (Å²) in [6, 6.07) is 12.1. The second-order valence-corrected chi connectivity index (χ2v) is 10.6. The van der Waals surface area contributed by atoms with Gasteiger partial charge in [0.25, 0.3) is 0 Å². The molecule has 172 valence electrons. The van der Waals surface area contributed by atoms with Crippen molar-refractivity contribution in [2.45, 2.75) is 95.1 Å². The van der Waals surface area contributed by atoms with Crippen LogP contribution in [0.1, 0.15) is 83.1 Å². The van der Waals surface area contributed by atoms with Gasteiger partial charge in [0.15, 0.2) is 0 Å². The second-order valence-electron chi connectivity index (χ2n) is 10.6. The van der Waals surface area contributed by atoms with Gasteiger partial charge in [-0.2, -0.15) is 0 Å². The zero-order chi connectivity index (χ0) is 21.7. The van der Waals surface area contributed by atoms with E-state index in [-0.39, 0.29) is 5.91 Å². The lowest BCUT2D eigenvalue weighted by molar-refractivity contribution is -0.122. The van der Waals surface area contributed by atoms with Crippen molar-refractivity contribution in [1.82, 2.24) is 10.6 Å². The molecule has 0 aliphatic heterocycles. The number of benzene rings is 1. The zero-order valence-electron chi connectivity index (χ0n) is 19.5. The van der Waals surface area contributed by atoms with Gasteiger partial charge in [-0.15, -0.1) is 0 Å². The summed E-state index contributed by atoms with van der Waals surface area (Å²) in [4.78, 5) is 12.8. The Morgan fingerprint density at radius 1 is 1.10 bits per heavy atom. The average molecular weight is 426 g/mol. The molecule has 3 aliphatic carbocycles. The summed E-state index contributed by atoms with van der Waals surface area (Å²) in [5.74, 6) is 2.24. The van der Waals surface area contributed by atoms with Crippen LogP contribution < -0.4 is 16.4 Å². The minimum absolute atomic E-state index is 0.260. The highest BCUT2D eigenvalue weighted by molar-refractivity contribution is 5.76. The van der Waals surface area contributed by atoms with Crippen LogP contribution in [-0.4, -0.2) is 31.1 Å². The molecule has 4 heteroatoms. The fourth-order valence-corrected chi connectivity index (χ4v) is 7.10. The lowest BCUT2D eigenvalue weighted by Gasteiger charge is -2.53. The summed E-state index contributed by atoms with van der Waals surface area (Å²) < 4.78 is 0.